The van der Waals surface area contributed by atoms with Crippen molar-refractivity contribution >= 4 is 35.2 Å². The van der Waals surface area contributed by atoms with Crippen molar-refractivity contribution in [2.75, 3.05) is 6.54 Å². The quantitative estimate of drug-likeness (QED) is 0.352. The van der Waals surface area contributed by atoms with Crippen LogP contribution in [0.3, 0.4) is 0 Å². The van der Waals surface area contributed by atoms with E-state index in [1.54, 1.807) is 24.3 Å². The lowest BCUT2D eigenvalue weighted by atomic mass is 9.96. The molecule has 0 aromatic heterocycles. The van der Waals surface area contributed by atoms with Gasteiger partial charge in [0.2, 0.25) is 0 Å². The molecule has 148 valence electrons. The fraction of sp³-hybridized carbons (Fsp3) is 0.0952. The van der Waals surface area contributed by atoms with Gasteiger partial charge in [-0.2, -0.15) is 13.2 Å². The number of hydrogen-bond acceptors (Lipinski definition) is 3. The Kier molecular flexibility index (Phi) is 5.65. The molecule has 0 saturated carbocycles. The van der Waals surface area contributed by atoms with Gasteiger partial charge >= 0.3 is 6.18 Å². The smallest absolute Gasteiger partial charge is 0.298 e. The summed E-state index contributed by atoms with van der Waals surface area (Å²) in [5.41, 5.74) is 0.243. The molecule has 3 rings (SSSR count). The molecule has 0 spiro atoms. The van der Waals surface area contributed by atoms with Crippen molar-refractivity contribution in [3.63, 3.8) is 0 Å². The fourth-order valence-corrected chi connectivity index (χ4v) is 3.14. The largest absolute Gasteiger partial charge is 0.416 e. The summed E-state index contributed by atoms with van der Waals surface area (Å²) in [6, 6.07) is 11.4. The molecule has 8 heteroatoms. The summed E-state index contributed by atoms with van der Waals surface area (Å²) < 4.78 is 39.2. The topological polar surface area (TPSA) is 49.4 Å². The average Bonchev–Trinajstić information content (AvgIpc) is 2.68. The highest BCUT2D eigenvalue weighted by molar-refractivity contribution is 7.80. The molecular weight excluding hydrogens is 401 g/mol. The number of carbonyl (C=O) groups excluding carboxylic acids is 2. The number of nitrogens with one attached hydrogen (secondary N) is 1. The molecule has 1 fully saturated rings. The third-order valence-electron chi connectivity index (χ3n) is 4.26. The molecule has 0 radical (unpaired) electrons. The SMILES string of the molecule is C=CCN1C(=O)/C(=C/c2ccccc2-c2cccc(C(F)(F)F)c2)C(=O)NC1=S. The first kappa shape index (κ1) is 20.5. The van der Waals surface area contributed by atoms with Crippen molar-refractivity contribution in [2.24, 2.45) is 0 Å². The van der Waals surface area contributed by atoms with Crippen LogP contribution in [0.1, 0.15) is 11.1 Å². The van der Waals surface area contributed by atoms with Crippen LogP contribution in [-0.4, -0.2) is 28.4 Å². The number of halogens is 3. The van der Waals surface area contributed by atoms with E-state index in [4.69, 9.17) is 12.2 Å². The summed E-state index contributed by atoms with van der Waals surface area (Å²) in [4.78, 5) is 26.2. The third-order valence-corrected chi connectivity index (χ3v) is 4.58. The van der Waals surface area contributed by atoms with E-state index < -0.39 is 23.6 Å². The van der Waals surface area contributed by atoms with E-state index in [0.29, 0.717) is 16.7 Å². The standard InChI is InChI=1S/C21H15F3N2O2S/c1-2-10-26-19(28)17(18(27)25-20(26)29)12-14-6-3-4-9-16(14)13-7-5-8-15(11-13)21(22,23)24/h2-9,11-12H,1,10H2,(H,25,27,29)/b17-12+. The maximum absolute atomic E-state index is 13.1. The Labute approximate surface area is 170 Å². The van der Waals surface area contributed by atoms with Gasteiger partial charge in [-0.3, -0.25) is 19.8 Å². The second-order valence-corrected chi connectivity index (χ2v) is 6.57. The van der Waals surface area contributed by atoms with Crippen LogP contribution in [0.2, 0.25) is 0 Å². The zero-order valence-electron chi connectivity index (χ0n) is 15.0. The number of carbonyl (C=O) groups is 2. The average molecular weight is 416 g/mol. The van der Waals surface area contributed by atoms with Crippen LogP contribution >= 0.6 is 12.2 Å². The number of alkyl halides is 3. The van der Waals surface area contributed by atoms with Crippen molar-refractivity contribution in [1.29, 1.82) is 0 Å². The molecule has 0 bridgehead atoms. The first-order chi connectivity index (χ1) is 13.7. The Bertz CT molecular complexity index is 1040. The molecule has 1 aliphatic rings. The summed E-state index contributed by atoms with van der Waals surface area (Å²) in [5.74, 6) is -1.27. The van der Waals surface area contributed by atoms with Crippen molar-refractivity contribution in [3.8, 4) is 11.1 Å². The van der Waals surface area contributed by atoms with Gasteiger partial charge in [-0.15, -0.1) is 6.58 Å². The number of amides is 2. The molecular formula is C21H15F3N2O2S. The second-order valence-electron chi connectivity index (χ2n) is 6.19. The van der Waals surface area contributed by atoms with Crippen LogP contribution in [0.15, 0.2) is 66.8 Å². The van der Waals surface area contributed by atoms with E-state index in [2.05, 4.69) is 11.9 Å². The highest BCUT2D eigenvalue weighted by atomic mass is 32.1. The minimum atomic E-state index is -4.48. The van der Waals surface area contributed by atoms with Crippen molar-refractivity contribution < 1.29 is 22.8 Å². The molecule has 2 amide bonds. The molecule has 29 heavy (non-hydrogen) atoms. The monoisotopic (exact) mass is 416 g/mol. The summed E-state index contributed by atoms with van der Waals surface area (Å²) >= 11 is 5.01. The maximum Gasteiger partial charge on any atom is 0.416 e. The zero-order valence-corrected chi connectivity index (χ0v) is 15.8. The molecule has 1 heterocycles. The van der Waals surface area contributed by atoms with Gasteiger partial charge in [0.25, 0.3) is 11.8 Å². The lowest BCUT2D eigenvalue weighted by molar-refractivity contribution is -0.137. The van der Waals surface area contributed by atoms with Gasteiger partial charge in [0.1, 0.15) is 5.57 Å². The number of rotatable bonds is 4. The Balaban J connectivity index is 2.08. The van der Waals surface area contributed by atoms with Gasteiger partial charge in [0.05, 0.1) is 5.56 Å². The van der Waals surface area contributed by atoms with Crippen LogP contribution in [0, 0.1) is 0 Å². The van der Waals surface area contributed by atoms with Crippen LogP contribution < -0.4 is 5.32 Å². The Morgan fingerprint density at radius 2 is 1.83 bits per heavy atom. The van der Waals surface area contributed by atoms with Crippen molar-refractivity contribution in [2.45, 2.75) is 6.18 Å². The minimum Gasteiger partial charge on any atom is -0.298 e. The number of hydrogen-bond donors (Lipinski definition) is 1. The van der Waals surface area contributed by atoms with Crippen LogP contribution in [0.5, 0.6) is 0 Å². The van der Waals surface area contributed by atoms with E-state index in [1.807, 2.05) is 0 Å². The predicted octanol–water partition coefficient (Wildman–Crippen LogP) is 4.19. The van der Waals surface area contributed by atoms with E-state index in [-0.39, 0.29) is 17.2 Å². The van der Waals surface area contributed by atoms with Gasteiger partial charge < -0.3 is 0 Å². The molecule has 4 nitrogen and oxygen atoms in total. The molecule has 1 saturated heterocycles. The van der Waals surface area contributed by atoms with Gasteiger partial charge in [-0.05, 0) is 47.1 Å². The normalized spacial score (nSPS) is 16.2. The molecule has 0 atom stereocenters. The molecule has 0 aliphatic carbocycles. The molecule has 0 unspecified atom stereocenters. The van der Waals surface area contributed by atoms with Crippen molar-refractivity contribution in [3.05, 3.63) is 77.9 Å². The lowest BCUT2D eigenvalue weighted by Crippen LogP contribution is -2.53. The fourth-order valence-electron chi connectivity index (χ4n) is 2.89. The summed E-state index contributed by atoms with van der Waals surface area (Å²) in [6.45, 7) is 3.67. The first-order valence-electron chi connectivity index (χ1n) is 8.49. The third kappa shape index (κ3) is 4.27. The number of benzene rings is 2. The second kappa shape index (κ2) is 8.00. The highest BCUT2D eigenvalue weighted by Crippen LogP contribution is 2.33. The van der Waals surface area contributed by atoms with E-state index >= 15 is 0 Å². The predicted molar refractivity (Wildman–Crippen MR) is 108 cm³/mol. The molecule has 1 aliphatic heterocycles. The van der Waals surface area contributed by atoms with E-state index in [0.717, 1.165) is 12.1 Å². The molecule has 2 aromatic carbocycles. The van der Waals surface area contributed by atoms with Gasteiger partial charge in [-0.25, -0.2) is 0 Å². The summed E-state index contributed by atoms with van der Waals surface area (Å²) in [6.07, 6.45) is -1.66. The molecule has 2 aromatic rings. The van der Waals surface area contributed by atoms with E-state index in [1.165, 1.54) is 29.2 Å². The van der Waals surface area contributed by atoms with Crippen LogP contribution in [0.4, 0.5) is 13.2 Å². The van der Waals surface area contributed by atoms with E-state index in [9.17, 15) is 22.8 Å². The Hall–Kier alpha value is -3.26. The minimum absolute atomic E-state index is 0.0248. The van der Waals surface area contributed by atoms with Gasteiger partial charge in [-0.1, -0.05) is 42.5 Å². The van der Waals surface area contributed by atoms with Crippen molar-refractivity contribution in [1.82, 2.24) is 10.2 Å². The summed E-state index contributed by atoms with van der Waals surface area (Å²) in [7, 11) is 0. The Morgan fingerprint density at radius 3 is 2.52 bits per heavy atom. The van der Waals surface area contributed by atoms with Gasteiger partial charge in [0, 0.05) is 6.54 Å². The number of thiocarbonyl (C=S) groups is 1. The highest BCUT2D eigenvalue weighted by Gasteiger charge is 2.33. The van der Waals surface area contributed by atoms with Gasteiger partial charge in [0.15, 0.2) is 5.11 Å². The lowest BCUT2D eigenvalue weighted by Gasteiger charge is -2.27. The maximum atomic E-state index is 13.1. The Morgan fingerprint density at radius 1 is 1.10 bits per heavy atom. The summed E-state index contributed by atoms with van der Waals surface area (Å²) in [5, 5.41) is 2.41. The van der Waals surface area contributed by atoms with Crippen LogP contribution in [0.25, 0.3) is 17.2 Å². The number of nitrogens with zero attached hydrogens (tertiary/aromatic N) is 1. The molecule has 1 N–H and O–H groups in total. The first-order valence-corrected chi connectivity index (χ1v) is 8.89. The van der Waals surface area contributed by atoms with Crippen LogP contribution in [-0.2, 0) is 15.8 Å². The zero-order chi connectivity index (χ0) is 21.2.